The lowest BCUT2D eigenvalue weighted by atomic mass is 9.97. The number of nitrogens with zero attached hydrogens (tertiary/aromatic N) is 1. The Hall–Kier alpha value is -1.15. The summed E-state index contributed by atoms with van der Waals surface area (Å²) in [4.78, 5) is 14.4. The number of amides is 1. The minimum absolute atomic E-state index is 0.0278. The maximum absolute atomic E-state index is 12.3. The fourth-order valence-corrected chi connectivity index (χ4v) is 4.51. The Morgan fingerprint density at radius 3 is 2.48 bits per heavy atom. The van der Waals surface area contributed by atoms with Gasteiger partial charge in [-0.15, -0.1) is 0 Å². The van der Waals surface area contributed by atoms with E-state index in [1.807, 2.05) is 4.90 Å². The highest BCUT2D eigenvalue weighted by atomic mass is 35.5. The molecule has 1 saturated heterocycles. The molecular weight excluding hydrogens is 390 g/mol. The summed E-state index contributed by atoms with van der Waals surface area (Å²) in [5.74, 6) is 0.459. The van der Waals surface area contributed by atoms with Gasteiger partial charge in [-0.25, -0.2) is 8.42 Å². The van der Waals surface area contributed by atoms with Gasteiger partial charge in [0.05, 0.1) is 23.9 Å². The normalized spacial score (nSPS) is 15.9. The minimum Gasteiger partial charge on any atom is -0.382 e. The molecule has 0 atom stereocenters. The largest absolute Gasteiger partial charge is 0.382 e. The third-order valence-corrected chi connectivity index (χ3v) is 6.80. The van der Waals surface area contributed by atoms with Crippen molar-refractivity contribution in [3.05, 3.63) is 29.3 Å². The summed E-state index contributed by atoms with van der Waals surface area (Å²) in [6, 6.07) is 6.11. The van der Waals surface area contributed by atoms with E-state index in [0.717, 1.165) is 12.8 Å². The number of hydrogen-bond acceptors (Lipinski definition) is 5. The quantitative estimate of drug-likeness (QED) is 0.547. The van der Waals surface area contributed by atoms with Gasteiger partial charge in [-0.2, -0.15) is 0 Å². The second kappa shape index (κ2) is 11.0. The van der Waals surface area contributed by atoms with Crippen molar-refractivity contribution in [2.75, 3.05) is 45.8 Å². The molecular formula is C19H28ClNO5S. The summed E-state index contributed by atoms with van der Waals surface area (Å²) in [6.45, 7) is 3.31. The highest BCUT2D eigenvalue weighted by molar-refractivity contribution is 7.91. The molecule has 27 heavy (non-hydrogen) atoms. The first kappa shape index (κ1) is 22.1. The first-order valence-corrected chi connectivity index (χ1v) is 11.3. The number of rotatable bonds is 10. The van der Waals surface area contributed by atoms with Crippen LogP contribution in [0.2, 0.25) is 5.02 Å². The molecule has 1 aliphatic rings. The highest BCUT2D eigenvalue weighted by Crippen LogP contribution is 2.20. The van der Waals surface area contributed by atoms with Gasteiger partial charge in [-0.05, 0) is 49.4 Å². The number of hydrogen-bond donors (Lipinski definition) is 0. The molecule has 1 amide bonds. The Labute approximate surface area is 166 Å². The van der Waals surface area contributed by atoms with Gasteiger partial charge in [-0.1, -0.05) is 11.6 Å². The van der Waals surface area contributed by atoms with Gasteiger partial charge in [0, 0.05) is 38.2 Å². The van der Waals surface area contributed by atoms with Crippen LogP contribution in [-0.4, -0.2) is 65.0 Å². The number of piperidine rings is 1. The van der Waals surface area contributed by atoms with Crippen LogP contribution in [0, 0.1) is 5.92 Å². The summed E-state index contributed by atoms with van der Waals surface area (Å²) in [5, 5.41) is 0.497. The van der Waals surface area contributed by atoms with Crippen molar-refractivity contribution in [1.82, 2.24) is 4.90 Å². The summed E-state index contributed by atoms with van der Waals surface area (Å²) in [7, 11) is -1.74. The van der Waals surface area contributed by atoms with E-state index in [4.69, 9.17) is 21.1 Å². The molecule has 1 heterocycles. The van der Waals surface area contributed by atoms with Crippen LogP contribution in [0.1, 0.15) is 25.7 Å². The van der Waals surface area contributed by atoms with Crippen LogP contribution in [-0.2, 0) is 24.1 Å². The summed E-state index contributed by atoms with van der Waals surface area (Å²) >= 11 is 5.79. The number of carbonyl (C=O) groups excluding carboxylic acids is 1. The Bertz CT molecular complexity index is 685. The highest BCUT2D eigenvalue weighted by Gasteiger charge is 2.23. The number of sulfone groups is 1. The molecule has 0 unspecified atom stereocenters. The molecule has 0 bridgehead atoms. The van der Waals surface area contributed by atoms with E-state index in [2.05, 4.69) is 0 Å². The van der Waals surface area contributed by atoms with Gasteiger partial charge < -0.3 is 14.4 Å². The van der Waals surface area contributed by atoms with E-state index in [0.29, 0.717) is 50.3 Å². The molecule has 1 aliphatic heterocycles. The van der Waals surface area contributed by atoms with Gasteiger partial charge in [0.25, 0.3) is 0 Å². The topological polar surface area (TPSA) is 72.9 Å². The fourth-order valence-electron chi connectivity index (χ4n) is 3.07. The lowest BCUT2D eigenvalue weighted by Crippen LogP contribution is -2.39. The predicted molar refractivity (Wildman–Crippen MR) is 105 cm³/mol. The van der Waals surface area contributed by atoms with Crippen molar-refractivity contribution in [2.45, 2.75) is 30.6 Å². The van der Waals surface area contributed by atoms with Crippen LogP contribution in [0.3, 0.4) is 0 Å². The van der Waals surface area contributed by atoms with Crippen LogP contribution in [0.15, 0.2) is 29.2 Å². The fraction of sp³-hybridized carbons (Fsp3) is 0.632. The second-order valence-corrected chi connectivity index (χ2v) is 9.31. The second-order valence-electron chi connectivity index (χ2n) is 6.77. The number of methoxy groups -OCH3 is 1. The van der Waals surface area contributed by atoms with Gasteiger partial charge in [-0.3, -0.25) is 4.79 Å². The first-order chi connectivity index (χ1) is 12.9. The van der Waals surface area contributed by atoms with E-state index in [9.17, 15) is 13.2 Å². The zero-order chi connectivity index (χ0) is 19.7. The Balaban J connectivity index is 1.68. The lowest BCUT2D eigenvalue weighted by molar-refractivity contribution is -0.132. The predicted octanol–water partition coefficient (Wildman–Crippen LogP) is 2.80. The molecule has 6 nitrogen and oxygen atoms in total. The van der Waals surface area contributed by atoms with Gasteiger partial charge in [0.2, 0.25) is 5.91 Å². The SMILES string of the molecule is COCCOCC1CCN(C(=O)CCCS(=O)(=O)c2ccc(Cl)cc2)CC1. The third-order valence-electron chi connectivity index (χ3n) is 4.73. The van der Waals surface area contributed by atoms with Crippen molar-refractivity contribution in [2.24, 2.45) is 5.92 Å². The van der Waals surface area contributed by atoms with Crippen molar-refractivity contribution in [1.29, 1.82) is 0 Å². The maximum atomic E-state index is 12.3. The molecule has 1 aromatic carbocycles. The molecule has 0 spiro atoms. The molecule has 1 fully saturated rings. The van der Waals surface area contributed by atoms with Crippen molar-refractivity contribution in [3.8, 4) is 0 Å². The molecule has 2 rings (SSSR count). The molecule has 0 saturated carbocycles. The summed E-state index contributed by atoms with van der Waals surface area (Å²) in [5.41, 5.74) is 0. The number of carbonyl (C=O) groups is 1. The smallest absolute Gasteiger partial charge is 0.222 e. The zero-order valence-corrected chi connectivity index (χ0v) is 17.3. The molecule has 1 aromatic rings. The minimum atomic E-state index is -3.38. The molecule has 0 radical (unpaired) electrons. The lowest BCUT2D eigenvalue weighted by Gasteiger charge is -2.32. The van der Waals surface area contributed by atoms with E-state index in [1.165, 1.54) is 12.1 Å². The Morgan fingerprint density at radius 1 is 1.19 bits per heavy atom. The van der Waals surface area contributed by atoms with E-state index >= 15 is 0 Å². The number of likely N-dealkylation sites (tertiary alicyclic amines) is 1. The van der Waals surface area contributed by atoms with Crippen molar-refractivity contribution >= 4 is 27.3 Å². The zero-order valence-electron chi connectivity index (χ0n) is 15.7. The molecule has 0 aliphatic carbocycles. The van der Waals surface area contributed by atoms with Crippen LogP contribution in [0.4, 0.5) is 0 Å². The van der Waals surface area contributed by atoms with Gasteiger partial charge in [0.15, 0.2) is 9.84 Å². The van der Waals surface area contributed by atoms with Crippen LogP contribution < -0.4 is 0 Å². The number of halogens is 1. The van der Waals surface area contributed by atoms with E-state index in [1.54, 1.807) is 19.2 Å². The first-order valence-electron chi connectivity index (χ1n) is 9.25. The molecule has 8 heteroatoms. The summed E-state index contributed by atoms with van der Waals surface area (Å²) < 4.78 is 35.1. The van der Waals surface area contributed by atoms with Crippen LogP contribution in [0.5, 0.6) is 0 Å². The molecule has 0 N–H and O–H groups in total. The van der Waals surface area contributed by atoms with Crippen molar-refractivity contribution in [3.63, 3.8) is 0 Å². The van der Waals surface area contributed by atoms with Crippen LogP contribution in [0.25, 0.3) is 0 Å². The van der Waals surface area contributed by atoms with E-state index in [-0.39, 0.29) is 23.0 Å². The van der Waals surface area contributed by atoms with Gasteiger partial charge in [0.1, 0.15) is 0 Å². The van der Waals surface area contributed by atoms with Crippen LogP contribution >= 0.6 is 11.6 Å². The third kappa shape index (κ3) is 7.41. The maximum Gasteiger partial charge on any atom is 0.222 e. The standard InChI is InChI=1S/C19H28ClNO5S/c1-25-12-13-26-15-16-8-10-21(11-9-16)19(22)3-2-14-27(23,24)18-6-4-17(20)5-7-18/h4-7,16H,2-3,8-15H2,1H3. The average Bonchev–Trinajstić information content (AvgIpc) is 2.66. The molecule has 152 valence electrons. The Kier molecular flexibility index (Phi) is 9.02. The van der Waals surface area contributed by atoms with Gasteiger partial charge >= 0.3 is 0 Å². The number of benzene rings is 1. The molecule has 0 aromatic heterocycles. The summed E-state index contributed by atoms with van der Waals surface area (Å²) in [6.07, 6.45) is 2.41. The Morgan fingerprint density at radius 2 is 1.85 bits per heavy atom. The average molecular weight is 418 g/mol. The number of ether oxygens (including phenoxy) is 2. The van der Waals surface area contributed by atoms with E-state index < -0.39 is 9.84 Å². The van der Waals surface area contributed by atoms with Crippen molar-refractivity contribution < 1.29 is 22.7 Å². The monoisotopic (exact) mass is 417 g/mol.